The molecule has 0 bridgehead atoms. The molecule has 0 amide bonds. The molecule has 68 valence electrons. The van der Waals surface area contributed by atoms with Crippen molar-refractivity contribution >= 4 is 38.9 Å². The number of hydrogen-bond donors (Lipinski definition) is 1. The molecule has 1 rings (SSSR count). The first-order valence-electron chi connectivity index (χ1n) is 3.83. The molecule has 1 N–H and O–H groups in total. The first kappa shape index (κ1) is 10.5. The molecule has 0 fully saturated rings. The molecule has 0 aliphatic carbocycles. The van der Waals surface area contributed by atoms with E-state index in [4.69, 9.17) is 11.6 Å². The van der Waals surface area contributed by atoms with E-state index in [9.17, 15) is 0 Å². The fraction of sp³-hybridized carbons (Fsp3) is 0.500. The van der Waals surface area contributed by atoms with Crippen molar-refractivity contribution in [2.45, 2.75) is 13.0 Å². The number of hydrogen-bond acceptors (Lipinski definition) is 2. The molecule has 1 aromatic rings. The van der Waals surface area contributed by atoms with Crippen LogP contribution in [0.25, 0.3) is 0 Å². The molecule has 0 unspecified atom stereocenters. The lowest BCUT2D eigenvalue weighted by Crippen LogP contribution is -2.14. The summed E-state index contributed by atoms with van der Waals surface area (Å²) in [6.07, 6.45) is 1.03. The van der Waals surface area contributed by atoms with Gasteiger partial charge in [0.05, 0.1) is 0 Å². The van der Waals surface area contributed by atoms with Crippen LogP contribution in [0.1, 0.15) is 11.3 Å². The van der Waals surface area contributed by atoms with E-state index in [2.05, 4.69) is 32.7 Å². The minimum absolute atomic E-state index is 0.735. The topological polar surface area (TPSA) is 12.0 Å². The van der Waals surface area contributed by atoms with Crippen LogP contribution >= 0.6 is 38.9 Å². The van der Waals surface area contributed by atoms with Crippen LogP contribution in [0.5, 0.6) is 0 Å². The van der Waals surface area contributed by atoms with Crippen molar-refractivity contribution in [2.24, 2.45) is 0 Å². The van der Waals surface area contributed by atoms with Crippen LogP contribution in [-0.4, -0.2) is 12.4 Å². The van der Waals surface area contributed by atoms with Gasteiger partial charge < -0.3 is 5.32 Å². The van der Waals surface area contributed by atoms with Gasteiger partial charge in [-0.3, -0.25) is 0 Å². The van der Waals surface area contributed by atoms with Crippen LogP contribution in [0, 0.1) is 0 Å². The van der Waals surface area contributed by atoms with E-state index in [0.717, 1.165) is 25.4 Å². The monoisotopic (exact) mass is 267 g/mol. The van der Waals surface area contributed by atoms with Gasteiger partial charge in [0.15, 0.2) is 0 Å². The Bertz CT molecular complexity index is 227. The maximum absolute atomic E-state index is 5.55. The molecule has 1 aromatic heterocycles. The Morgan fingerprint density at radius 1 is 1.58 bits per heavy atom. The molecule has 0 aliphatic rings. The van der Waals surface area contributed by atoms with E-state index in [1.165, 1.54) is 9.35 Å². The number of rotatable bonds is 5. The lowest BCUT2D eigenvalue weighted by Gasteiger charge is -2.00. The van der Waals surface area contributed by atoms with E-state index >= 15 is 0 Å². The zero-order valence-electron chi connectivity index (χ0n) is 6.65. The molecular formula is C8H11BrClNS. The van der Waals surface area contributed by atoms with Gasteiger partial charge in [-0.2, -0.15) is 0 Å². The predicted molar refractivity (Wildman–Crippen MR) is 59.1 cm³/mol. The minimum Gasteiger partial charge on any atom is -0.312 e. The molecule has 0 saturated carbocycles. The highest BCUT2D eigenvalue weighted by molar-refractivity contribution is 9.10. The smallest absolute Gasteiger partial charge is 0.0327 e. The molecule has 1 heterocycles. The van der Waals surface area contributed by atoms with Crippen molar-refractivity contribution in [3.8, 4) is 0 Å². The summed E-state index contributed by atoms with van der Waals surface area (Å²) >= 11 is 10.8. The first-order valence-corrected chi connectivity index (χ1v) is 6.04. The second-order valence-electron chi connectivity index (χ2n) is 2.41. The summed E-state index contributed by atoms with van der Waals surface area (Å²) < 4.78 is 1.20. The van der Waals surface area contributed by atoms with E-state index in [1.54, 1.807) is 11.3 Å². The first-order chi connectivity index (χ1) is 5.84. The Balaban J connectivity index is 2.20. The molecule has 0 atom stereocenters. The van der Waals surface area contributed by atoms with Crippen molar-refractivity contribution < 1.29 is 0 Å². The summed E-state index contributed by atoms with van der Waals surface area (Å²) in [4.78, 5) is 1.35. The van der Waals surface area contributed by atoms with Gasteiger partial charge in [-0.1, -0.05) is 0 Å². The summed E-state index contributed by atoms with van der Waals surface area (Å²) in [5.41, 5.74) is 0. The van der Waals surface area contributed by atoms with Gasteiger partial charge in [0.25, 0.3) is 0 Å². The molecule has 0 saturated heterocycles. The second kappa shape index (κ2) is 5.97. The van der Waals surface area contributed by atoms with Crippen LogP contribution in [0.3, 0.4) is 0 Å². The van der Waals surface area contributed by atoms with Gasteiger partial charge in [0.2, 0.25) is 0 Å². The zero-order valence-corrected chi connectivity index (χ0v) is 9.81. The van der Waals surface area contributed by atoms with E-state index in [-0.39, 0.29) is 0 Å². The van der Waals surface area contributed by atoms with Gasteiger partial charge in [-0.25, -0.2) is 0 Å². The third kappa shape index (κ3) is 3.44. The Morgan fingerprint density at radius 3 is 3.00 bits per heavy atom. The van der Waals surface area contributed by atoms with Gasteiger partial charge >= 0.3 is 0 Å². The second-order valence-corrected chi connectivity index (χ2v) is 4.64. The largest absolute Gasteiger partial charge is 0.312 e. The molecule has 0 radical (unpaired) electrons. The molecule has 12 heavy (non-hydrogen) atoms. The Hall–Kier alpha value is 0.430. The Labute approximate surface area is 90.3 Å². The lowest BCUT2D eigenvalue weighted by molar-refractivity contribution is 0.683. The highest BCUT2D eigenvalue weighted by Crippen LogP contribution is 2.21. The van der Waals surface area contributed by atoms with Crippen molar-refractivity contribution in [1.29, 1.82) is 0 Å². The molecule has 0 aromatic carbocycles. The number of thiophene rings is 1. The standard InChI is InChI=1S/C8H11BrClNS/c9-7-2-5-12-8(7)6-11-4-1-3-10/h2,5,11H,1,3-4,6H2. The van der Waals surface area contributed by atoms with E-state index in [0.29, 0.717) is 0 Å². The third-order valence-corrected chi connectivity index (χ3v) is 3.66. The zero-order chi connectivity index (χ0) is 8.81. The maximum Gasteiger partial charge on any atom is 0.0327 e. The Morgan fingerprint density at radius 2 is 2.42 bits per heavy atom. The maximum atomic E-state index is 5.55. The Kier molecular flexibility index (Phi) is 5.23. The van der Waals surface area contributed by atoms with Crippen LogP contribution in [-0.2, 0) is 6.54 Å². The summed E-state index contributed by atoms with van der Waals surface area (Å²) in [5.74, 6) is 0.735. The normalized spacial score (nSPS) is 10.5. The number of halogens is 2. The fourth-order valence-corrected chi connectivity index (χ4v) is 2.44. The fourth-order valence-electron chi connectivity index (χ4n) is 0.845. The quantitative estimate of drug-likeness (QED) is 0.639. The average molecular weight is 269 g/mol. The third-order valence-electron chi connectivity index (χ3n) is 1.46. The van der Waals surface area contributed by atoms with Crippen LogP contribution in [0.15, 0.2) is 15.9 Å². The van der Waals surface area contributed by atoms with Gasteiger partial charge in [-0.15, -0.1) is 22.9 Å². The summed E-state index contributed by atoms with van der Waals surface area (Å²) in [6.45, 7) is 1.93. The van der Waals surface area contributed by atoms with Gasteiger partial charge in [0, 0.05) is 21.8 Å². The van der Waals surface area contributed by atoms with Crippen molar-refractivity contribution in [3.63, 3.8) is 0 Å². The van der Waals surface area contributed by atoms with Gasteiger partial charge in [0.1, 0.15) is 0 Å². The van der Waals surface area contributed by atoms with Gasteiger partial charge in [-0.05, 0) is 40.3 Å². The number of nitrogens with one attached hydrogen (secondary N) is 1. The van der Waals surface area contributed by atoms with Crippen molar-refractivity contribution in [1.82, 2.24) is 5.32 Å². The van der Waals surface area contributed by atoms with Crippen molar-refractivity contribution in [2.75, 3.05) is 12.4 Å². The number of alkyl halides is 1. The summed E-state index contributed by atoms with van der Waals surface area (Å²) in [6, 6.07) is 2.07. The van der Waals surface area contributed by atoms with Crippen LogP contribution in [0.2, 0.25) is 0 Å². The molecular weight excluding hydrogens is 258 g/mol. The average Bonchev–Trinajstić information content (AvgIpc) is 2.46. The van der Waals surface area contributed by atoms with E-state index < -0.39 is 0 Å². The van der Waals surface area contributed by atoms with E-state index in [1.807, 2.05) is 0 Å². The molecule has 1 nitrogen and oxygen atoms in total. The van der Waals surface area contributed by atoms with Crippen LogP contribution < -0.4 is 5.32 Å². The predicted octanol–water partition coefficient (Wildman–Crippen LogP) is 3.23. The lowest BCUT2D eigenvalue weighted by atomic mass is 10.4. The molecule has 4 heteroatoms. The molecule has 0 aliphatic heterocycles. The van der Waals surface area contributed by atoms with Crippen molar-refractivity contribution in [3.05, 3.63) is 20.8 Å². The minimum atomic E-state index is 0.735. The SMILES string of the molecule is ClCCCNCc1sccc1Br. The highest BCUT2D eigenvalue weighted by atomic mass is 79.9. The summed E-state index contributed by atoms with van der Waals surface area (Å²) in [5, 5.41) is 5.41. The molecule has 0 spiro atoms. The summed E-state index contributed by atoms with van der Waals surface area (Å²) in [7, 11) is 0. The highest BCUT2D eigenvalue weighted by Gasteiger charge is 1.98. The van der Waals surface area contributed by atoms with Crippen LogP contribution in [0.4, 0.5) is 0 Å².